The SMILES string of the molecule is CNCc1cn(S(=O)(=O)c2cccc(OC(F)(F)F)c2)c2cc(Nc3ccc(C)cc3Cl)ccc12. The lowest BCUT2D eigenvalue weighted by Crippen LogP contribution is -2.18. The maximum atomic E-state index is 13.5. The van der Waals surface area contributed by atoms with E-state index in [2.05, 4.69) is 15.4 Å². The second kappa shape index (κ2) is 9.44. The van der Waals surface area contributed by atoms with Gasteiger partial charge >= 0.3 is 6.36 Å². The molecule has 0 amide bonds. The summed E-state index contributed by atoms with van der Waals surface area (Å²) in [5.41, 5.74) is 3.27. The van der Waals surface area contributed by atoms with Gasteiger partial charge in [0, 0.05) is 29.9 Å². The number of rotatable bonds is 7. The van der Waals surface area contributed by atoms with Crippen LogP contribution in [0.5, 0.6) is 5.75 Å². The van der Waals surface area contributed by atoms with Gasteiger partial charge in [-0.25, -0.2) is 12.4 Å². The van der Waals surface area contributed by atoms with Crippen molar-refractivity contribution in [2.45, 2.75) is 24.7 Å². The Morgan fingerprint density at radius 2 is 1.83 bits per heavy atom. The second-order valence-electron chi connectivity index (χ2n) is 7.85. The zero-order valence-electron chi connectivity index (χ0n) is 18.7. The van der Waals surface area contributed by atoms with E-state index >= 15 is 0 Å². The molecular weight excluding hydrogens is 503 g/mol. The molecule has 184 valence electrons. The molecular formula is C24H21ClF3N3O3S. The third-order valence-corrected chi connectivity index (χ3v) is 7.20. The Labute approximate surface area is 205 Å². The summed E-state index contributed by atoms with van der Waals surface area (Å²) in [6.07, 6.45) is -3.49. The zero-order valence-corrected chi connectivity index (χ0v) is 20.2. The van der Waals surface area contributed by atoms with E-state index in [9.17, 15) is 21.6 Å². The van der Waals surface area contributed by atoms with Gasteiger partial charge in [0.05, 0.1) is 21.1 Å². The Morgan fingerprint density at radius 3 is 2.51 bits per heavy atom. The first-order valence-corrected chi connectivity index (χ1v) is 12.2. The highest BCUT2D eigenvalue weighted by molar-refractivity contribution is 7.90. The molecule has 2 N–H and O–H groups in total. The van der Waals surface area contributed by atoms with Gasteiger partial charge in [-0.3, -0.25) is 0 Å². The fourth-order valence-electron chi connectivity index (χ4n) is 3.70. The number of fused-ring (bicyclic) bond motifs is 1. The van der Waals surface area contributed by atoms with Crippen molar-refractivity contribution < 1.29 is 26.3 Å². The second-order valence-corrected chi connectivity index (χ2v) is 10.1. The van der Waals surface area contributed by atoms with Crippen molar-refractivity contribution >= 4 is 43.9 Å². The van der Waals surface area contributed by atoms with Crippen molar-refractivity contribution in [3.63, 3.8) is 0 Å². The fourth-order valence-corrected chi connectivity index (χ4v) is 5.40. The number of aryl methyl sites for hydroxylation is 1. The van der Waals surface area contributed by atoms with Gasteiger partial charge in [-0.1, -0.05) is 29.8 Å². The third-order valence-electron chi connectivity index (χ3n) is 5.22. The number of ether oxygens (including phenoxy) is 1. The molecule has 11 heteroatoms. The lowest BCUT2D eigenvalue weighted by molar-refractivity contribution is -0.274. The third kappa shape index (κ3) is 5.39. The van der Waals surface area contributed by atoms with Gasteiger partial charge in [0.15, 0.2) is 0 Å². The molecule has 0 unspecified atom stereocenters. The standard InChI is InChI=1S/C24H21ClF3N3O3S/c1-15-6-9-22(21(25)10-15)30-17-7-8-20-16(13-29-2)14-31(23(20)11-17)35(32,33)19-5-3-4-18(12-19)34-24(26,27)28/h3-12,14,29-30H,13H2,1-2H3. The number of hydrogen-bond acceptors (Lipinski definition) is 5. The van der Waals surface area contributed by atoms with Gasteiger partial charge in [-0.2, -0.15) is 0 Å². The highest BCUT2D eigenvalue weighted by Gasteiger charge is 2.32. The minimum atomic E-state index is -4.94. The number of anilines is 2. The number of aromatic nitrogens is 1. The van der Waals surface area contributed by atoms with Crippen molar-refractivity contribution in [1.82, 2.24) is 9.29 Å². The van der Waals surface area contributed by atoms with Gasteiger partial charge in [-0.05, 0) is 61.5 Å². The fraction of sp³-hybridized carbons (Fsp3) is 0.167. The van der Waals surface area contributed by atoms with Crippen LogP contribution in [-0.4, -0.2) is 25.8 Å². The Hall–Kier alpha value is -3.21. The van der Waals surface area contributed by atoms with Crippen LogP contribution in [0.1, 0.15) is 11.1 Å². The predicted octanol–water partition coefficient (Wildman–Crippen LogP) is 6.20. The van der Waals surface area contributed by atoms with E-state index in [1.165, 1.54) is 18.3 Å². The van der Waals surface area contributed by atoms with Crippen molar-refractivity contribution in [3.05, 3.63) is 83.0 Å². The van der Waals surface area contributed by atoms with Gasteiger partial charge in [0.25, 0.3) is 10.0 Å². The molecule has 0 aliphatic rings. The number of hydrogen-bond donors (Lipinski definition) is 2. The summed E-state index contributed by atoms with van der Waals surface area (Å²) in [5, 5.41) is 7.36. The summed E-state index contributed by atoms with van der Waals surface area (Å²) in [6.45, 7) is 2.30. The summed E-state index contributed by atoms with van der Waals surface area (Å²) in [5.74, 6) is -0.623. The van der Waals surface area contributed by atoms with E-state index in [4.69, 9.17) is 11.6 Å². The van der Waals surface area contributed by atoms with Crippen LogP contribution in [0.4, 0.5) is 24.5 Å². The summed E-state index contributed by atoms with van der Waals surface area (Å²) in [6, 6.07) is 15.0. The van der Waals surface area contributed by atoms with Crippen LogP contribution in [0.25, 0.3) is 10.9 Å². The Morgan fingerprint density at radius 1 is 1.06 bits per heavy atom. The Bertz CT molecular complexity index is 1500. The van der Waals surface area contributed by atoms with E-state index in [0.717, 1.165) is 21.7 Å². The van der Waals surface area contributed by atoms with Gasteiger partial charge in [-0.15, -0.1) is 13.2 Å². The molecule has 4 aromatic rings. The molecule has 0 saturated carbocycles. The highest BCUT2D eigenvalue weighted by atomic mass is 35.5. The largest absolute Gasteiger partial charge is 0.573 e. The first kappa shape index (κ1) is 24.9. The molecule has 0 atom stereocenters. The lowest BCUT2D eigenvalue weighted by atomic mass is 10.1. The van der Waals surface area contributed by atoms with Crippen molar-refractivity contribution in [2.24, 2.45) is 0 Å². The van der Waals surface area contributed by atoms with Crippen LogP contribution >= 0.6 is 11.6 Å². The normalized spacial score (nSPS) is 12.2. The Kier molecular flexibility index (Phi) is 6.72. The summed E-state index contributed by atoms with van der Waals surface area (Å²) in [7, 11) is -2.53. The number of benzene rings is 3. The molecule has 0 saturated heterocycles. The lowest BCUT2D eigenvalue weighted by Gasteiger charge is -2.13. The first-order chi connectivity index (χ1) is 16.5. The maximum absolute atomic E-state index is 13.5. The quantitative estimate of drug-likeness (QED) is 0.302. The molecule has 0 radical (unpaired) electrons. The van der Waals surface area contributed by atoms with Crippen LogP contribution in [0.15, 0.2) is 71.8 Å². The number of nitrogens with zero attached hydrogens (tertiary/aromatic N) is 1. The summed E-state index contributed by atoms with van der Waals surface area (Å²) in [4.78, 5) is -0.341. The summed E-state index contributed by atoms with van der Waals surface area (Å²) >= 11 is 6.32. The minimum Gasteiger partial charge on any atom is -0.406 e. The number of nitrogens with one attached hydrogen (secondary N) is 2. The van der Waals surface area contributed by atoms with Gasteiger partial charge < -0.3 is 15.4 Å². The first-order valence-electron chi connectivity index (χ1n) is 10.4. The molecule has 1 heterocycles. The minimum absolute atomic E-state index is 0.341. The van der Waals surface area contributed by atoms with E-state index in [-0.39, 0.29) is 4.90 Å². The van der Waals surface area contributed by atoms with Crippen molar-refractivity contribution in [2.75, 3.05) is 12.4 Å². The average molecular weight is 524 g/mol. The number of alkyl halides is 3. The van der Waals surface area contributed by atoms with Crippen LogP contribution in [-0.2, 0) is 16.6 Å². The molecule has 0 aliphatic heterocycles. The molecule has 3 aromatic carbocycles. The summed E-state index contributed by atoms with van der Waals surface area (Å²) < 4.78 is 70.0. The van der Waals surface area contributed by atoms with Crippen LogP contribution in [0.3, 0.4) is 0 Å². The highest BCUT2D eigenvalue weighted by Crippen LogP contribution is 2.33. The van der Waals surface area contributed by atoms with Crippen molar-refractivity contribution in [3.8, 4) is 5.75 Å². The van der Waals surface area contributed by atoms with Crippen molar-refractivity contribution in [1.29, 1.82) is 0 Å². The molecule has 6 nitrogen and oxygen atoms in total. The molecule has 1 aromatic heterocycles. The molecule has 4 rings (SSSR count). The molecule has 0 aliphatic carbocycles. The molecule has 35 heavy (non-hydrogen) atoms. The number of halogens is 4. The van der Waals surface area contributed by atoms with Crippen LogP contribution in [0.2, 0.25) is 5.02 Å². The van der Waals surface area contributed by atoms with Gasteiger partial charge in [0.1, 0.15) is 5.75 Å². The topological polar surface area (TPSA) is 72.4 Å². The van der Waals surface area contributed by atoms with E-state index in [1.54, 1.807) is 31.3 Å². The van der Waals surface area contributed by atoms with Crippen LogP contribution in [0, 0.1) is 6.92 Å². The maximum Gasteiger partial charge on any atom is 0.573 e. The monoisotopic (exact) mass is 523 g/mol. The average Bonchev–Trinajstić information content (AvgIpc) is 3.13. The molecule has 0 bridgehead atoms. The molecule has 0 spiro atoms. The van der Waals surface area contributed by atoms with Gasteiger partial charge in [0.2, 0.25) is 0 Å². The van der Waals surface area contributed by atoms with Crippen LogP contribution < -0.4 is 15.4 Å². The predicted molar refractivity (Wildman–Crippen MR) is 130 cm³/mol. The smallest absolute Gasteiger partial charge is 0.406 e. The van der Waals surface area contributed by atoms with E-state index in [1.807, 2.05) is 19.1 Å². The van der Waals surface area contributed by atoms with E-state index < -0.39 is 22.1 Å². The van der Waals surface area contributed by atoms with E-state index in [0.29, 0.717) is 39.4 Å². The molecule has 0 fully saturated rings. The zero-order chi connectivity index (χ0) is 25.4. The Balaban J connectivity index is 1.81.